The van der Waals surface area contributed by atoms with Gasteiger partial charge in [0.2, 0.25) is 0 Å². The fourth-order valence-electron chi connectivity index (χ4n) is 2.63. The Kier molecular flexibility index (Phi) is 4.89. The van der Waals surface area contributed by atoms with Crippen molar-refractivity contribution in [3.8, 4) is 5.75 Å². The molecular weight excluding hydrogens is 321 g/mol. The van der Waals surface area contributed by atoms with Crippen molar-refractivity contribution in [2.75, 3.05) is 19.7 Å². The smallest absolute Gasteiger partial charge is 0.134 e. The zero-order valence-corrected chi connectivity index (χ0v) is 13.5. The van der Waals surface area contributed by atoms with Crippen LogP contribution in [0.5, 0.6) is 5.75 Å². The minimum atomic E-state index is 0.0543. The van der Waals surface area contributed by atoms with Crippen molar-refractivity contribution in [2.24, 2.45) is 0 Å². The maximum atomic E-state index is 9.49. The van der Waals surface area contributed by atoms with Crippen LogP contribution in [0.2, 0.25) is 10.0 Å². The summed E-state index contributed by atoms with van der Waals surface area (Å²) in [5.74, 6) is 0.117. The van der Waals surface area contributed by atoms with Gasteiger partial charge < -0.3 is 9.84 Å². The fraction of sp³-hybridized carbons (Fsp3) is 0.294. The normalized spacial score (nSPS) is 19.3. The zero-order chi connectivity index (χ0) is 15.5. The van der Waals surface area contributed by atoms with Crippen molar-refractivity contribution in [1.82, 2.24) is 4.90 Å². The van der Waals surface area contributed by atoms with Gasteiger partial charge in [0.1, 0.15) is 5.75 Å². The lowest BCUT2D eigenvalue weighted by molar-refractivity contribution is -0.0329. The van der Waals surface area contributed by atoms with E-state index in [9.17, 15) is 5.11 Å². The van der Waals surface area contributed by atoms with Crippen LogP contribution in [-0.4, -0.2) is 29.7 Å². The number of ether oxygens (including phenoxy) is 1. The summed E-state index contributed by atoms with van der Waals surface area (Å²) >= 11 is 11.9. The summed E-state index contributed by atoms with van der Waals surface area (Å²) in [7, 11) is 0. The first kappa shape index (κ1) is 15.6. The largest absolute Gasteiger partial charge is 0.506 e. The summed E-state index contributed by atoms with van der Waals surface area (Å²) < 4.78 is 5.86. The third-order valence-electron chi connectivity index (χ3n) is 3.81. The molecule has 22 heavy (non-hydrogen) atoms. The molecule has 0 bridgehead atoms. The summed E-state index contributed by atoms with van der Waals surface area (Å²) in [5, 5.41) is 10.6. The molecule has 0 amide bonds. The van der Waals surface area contributed by atoms with Crippen molar-refractivity contribution in [1.29, 1.82) is 0 Å². The monoisotopic (exact) mass is 337 g/mol. The molecule has 1 N–H and O–H groups in total. The van der Waals surface area contributed by atoms with E-state index in [4.69, 9.17) is 27.9 Å². The van der Waals surface area contributed by atoms with Crippen molar-refractivity contribution < 1.29 is 9.84 Å². The van der Waals surface area contributed by atoms with Gasteiger partial charge in [-0.05, 0) is 35.4 Å². The van der Waals surface area contributed by atoms with Gasteiger partial charge in [0.25, 0.3) is 0 Å². The molecule has 0 spiro atoms. The summed E-state index contributed by atoms with van der Waals surface area (Å²) in [5.41, 5.74) is 2.22. The Morgan fingerprint density at radius 2 is 1.91 bits per heavy atom. The van der Waals surface area contributed by atoms with Crippen molar-refractivity contribution in [2.45, 2.75) is 12.6 Å². The van der Waals surface area contributed by atoms with E-state index in [2.05, 4.69) is 4.90 Å². The Bertz CT molecular complexity index is 646. The lowest BCUT2D eigenvalue weighted by atomic mass is 10.1. The summed E-state index contributed by atoms with van der Waals surface area (Å²) in [6.07, 6.45) is 0.0543. The predicted octanol–water partition coefficient (Wildman–Crippen LogP) is 4.27. The van der Waals surface area contributed by atoms with Crippen LogP contribution < -0.4 is 0 Å². The molecule has 0 saturated carbocycles. The fourth-order valence-corrected chi connectivity index (χ4v) is 2.96. The van der Waals surface area contributed by atoms with E-state index in [1.54, 1.807) is 6.07 Å². The highest BCUT2D eigenvalue weighted by Gasteiger charge is 2.22. The van der Waals surface area contributed by atoms with E-state index in [0.717, 1.165) is 35.8 Å². The maximum Gasteiger partial charge on any atom is 0.134 e. The van der Waals surface area contributed by atoms with Crippen LogP contribution in [0.4, 0.5) is 0 Å². The Hall–Kier alpha value is -1.26. The van der Waals surface area contributed by atoms with Crippen LogP contribution in [0, 0.1) is 0 Å². The number of rotatable bonds is 3. The Morgan fingerprint density at radius 3 is 2.64 bits per heavy atom. The molecule has 2 aromatic rings. The van der Waals surface area contributed by atoms with Gasteiger partial charge in [-0.15, -0.1) is 0 Å². The SMILES string of the molecule is Oc1ccc(CN2CCO[C@@H](c3ccc(Cl)cc3)C2)cc1Cl. The number of benzene rings is 2. The second-order valence-corrected chi connectivity index (χ2v) is 6.28. The molecule has 0 aromatic heterocycles. The second kappa shape index (κ2) is 6.88. The molecule has 1 aliphatic heterocycles. The van der Waals surface area contributed by atoms with Gasteiger partial charge in [0.15, 0.2) is 0 Å². The molecule has 0 aliphatic carbocycles. The number of halogens is 2. The van der Waals surface area contributed by atoms with E-state index in [-0.39, 0.29) is 11.9 Å². The summed E-state index contributed by atoms with van der Waals surface area (Å²) in [4.78, 5) is 2.32. The summed E-state index contributed by atoms with van der Waals surface area (Å²) in [6, 6.07) is 13.1. The van der Waals surface area contributed by atoms with Gasteiger partial charge in [0, 0.05) is 24.7 Å². The maximum absolute atomic E-state index is 9.49. The number of hydrogen-bond acceptors (Lipinski definition) is 3. The van der Waals surface area contributed by atoms with E-state index >= 15 is 0 Å². The minimum Gasteiger partial charge on any atom is -0.506 e. The average molecular weight is 338 g/mol. The highest BCUT2D eigenvalue weighted by atomic mass is 35.5. The first-order chi connectivity index (χ1) is 10.6. The van der Waals surface area contributed by atoms with Gasteiger partial charge in [-0.25, -0.2) is 0 Å². The van der Waals surface area contributed by atoms with Gasteiger partial charge in [-0.2, -0.15) is 0 Å². The number of phenols is 1. The quantitative estimate of drug-likeness (QED) is 0.907. The number of morpholine rings is 1. The number of hydrogen-bond donors (Lipinski definition) is 1. The number of aromatic hydroxyl groups is 1. The third kappa shape index (κ3) is 3.73. The molecule has 2 aromatic carbocycles. The highest BCUT2D eigenvalue weighted by molar-refractivity contribution is 6.32. The van der Waals surface area contributed by atoms with E-state index in [1.807, 2.05) is 36.4 Å². The summed E-state index contributed by atoms with van der Waals surface area (Å²) in [6.45, 7) is 3.18. The molecular formula is C17H17Cl2NO2. The lowest BCUT2D eigenvalue weighted by Crippen LogP contribution is -2.37. The van der Waals surface area contributed by atoms with Crippen molar-refractivity contribution in [3.05, 3.63) is 63.6 Å². The molecule has 116 valence electrons. The topological polar surface area (TPSA) is 32.7 Å². The Morgan fingerprint density at radius 1 is 1.14 bits per heavy atom. The average Bonchev–Trinajstić information content (AvgIpc) is 2.52. The van der Waals surface area contributed by atoms with Crippen LogP contribution in [0.3, 0.4) is 0 Å². The van der Waals surface area contributed by atoms with Gasteiger partial charge in [0.05, 0.1) is 17.7 Å². The lowest BCUT2D eigenvalue weighted by Gasteiger charge is -2.33. The molecule has 1 heterocycles. The van der Waals surface area contributed by atoms with Crippen LogP contribution in [0.1, 0.15) is 17.2 Å². The molecule has 1 saturated heterocycles. The number of phenolic OH excluding ortho intramolecular Hbond substituents is 1. The molecule has 1 atom stereocenters. The Balaban J connectivity index is 1.67. The molecule has 5 heteroatoms. The highest BCUT2D eigenvalue weighted by Crippen LogP contribution is 2.27. The Labute approximate surface area is 140 Å². The molecule has 1 aliphatic rings. The molecule has 1 fully saturated rings. The van der Waals surface area contributed by atoms with Crippen molar-refractivity contribution in [3.63, 3.8) is 0 Å². The van der Waals surface area contributed by atoms with E-state index in [1.165, 1.54) is 0 Å². The van der Waals surface area contributed by atoms with E-state index < -0.39 is 0 Å². The predicted molar refractivity (Wildman–Crippen MR) is 88.5 cm³/mol. The molecule has 3 rings (SSSR count). The van der Waals surface area contributed by atoms with Gasteiger partial charge in [-0.3, -0.25) is 4.90 Å². The van der Waals surface area contributed by atoms with Crippen LogP contribution in [0.15, 0.2) is 42.5 Å². The second-order valence-electron chi connectivity index (χ2n) is 5.43. The zero-order valence-electron chi connectivity index (χ0n) is 12.0. The molecule has 0 unspecified atom stereocenters. The molecule has 3 nitrogen and oxygen atoms in total. The van der Waals surface area contributed by atoms with Crippen LogP contribution in [-0.2, 0) is 11.3 Å². The van der Waals surface area contributed by atoms with Crippen LogP contribution >= 0.6 is 23.2 Å². The van der Waals surface area contributed by atoms with Crippen LogP contribution in [0.25, 0.3) is 0 Å². The first-order valence-corrected chi connectivity index (χ1v) is 7.94. The van der Waals surface area contributed by atoms with Gasteiger partial charge >= 0.3 is 0 Å². The third-order valence-corrected chi connectivity index (χ3v) is 4.37. The standard InChI is InChI=1S/C17H17Cl2NO2/c18-14-4-2-13(3-5-14)17-11-20(7-8-22-17)10-12-1-6-16(21)15(19)9-12/h1-6,9,17,21H,7-8,10-11H2/t17-/m1/s1. The molecule has 0 radical (unpaired) electrons. The van der Waals surface area contributed by atoms with Crippen molar-refractivity contribution >= 4 is 23.2 Å². The number of nitrogens with zero attached hydrogens (tertiary/aromatic N) is 1. The first-order valence-electron chi connectivity index (χ1n) is 7.18. The van der Waals surface area contributed by atoms with Gasteiger partial charge in [-0.1, -0.05) is 41.4 Å². The van der Waals surface area contributed by atoms with E-state index in [0.29, 0.717) is 11.6 Å². The minimum absolute atomic E-state index is 0.0543.